The van der Waals surface area contributed by atoms with Crippen LogP contribution in [0.25, 0.3) is 0 Å². The molecule has 130 valence electrons. The maximum Gasteiger partial charge on any atom is 0.244 e. The number of para-hydroxylation sites is 2. The molecule has 0 atom stereocenters. The summed E-state index contributed by atoms with van der Waals surface area (Å²) in [7, 11) is 1.61. The molecule has 0 aromatic heterocycles. The fraction of sp³-hybridized carbons (Fsp3) is 0.263. The molecule has 0 radical (unpaired) electrons. The minimum Gasteiger partial charge on any atom is -0.497 e. The van der Waals surface area contributed by atoms with E-state index in [9.17, 15) is 9.59 Å². The van der Waals surface area contributed by atoms with Gasteiger partial charge in [-0.05, 0) is 42.8 Å². The molecule has 25 heavy (non-hydrogen) atoms. The molecule has 1 N–H and O–H groups in total. The SMILES string of the molecule is COc1ccc(OCCCC(=O)N2CC(=O)Nc3ccccc32)cc1. The Morgan fingerprint density at radius 3 is 2.60 bits per heavy atom. The number of fused-ring (bicyclic) bond motifs is 1. The summed E-state index contributed by atoms with van der Waals surface area (Å²) < 4.78 is 10.7. The zero-order valence-corrected chi connectivity index (χ0v) is 14.0. The molecule has 6 heteroatoms. The van der Waals surface area contributed by atoms with Crippen LogP contribution in [0.3, 0.4) is 0 Å². The monoisotopic (exact) mass is 340 g/mol. The predicted octanol–water partition coefficient (Wildman–Crippen LogP) is 2.84. The van der Waals surface area contributed by atoms with Gasteiger partial charge in [0, 0.05) is 6.42 Å². The number of nitrogens with one attached hydrogen (secondary N) is 1. The van der Waals surface area contributed by atoms with E-state index >= 15 is 0 Å². The van der Waals surface area contributed by atoms with Gasteiger partial charge in [-0.3, -0.25) is 9.59 Å². The van der Waals surface area contributed by atoms with Crippen molar-refractivity contribution < 1.29 is 19.1 Å². The van der Waals surface area contributed by atoms with Crippen molar-refractivity contribution in [2.75, 3.05) is 30.5 Å². The lowest BCUT2D eigenvalue weighted by Gasteiger charge is -2.29. The summed E-state index contributed by atoms with van der Waals surface area (Å²) in [6, 6.07) is 14.6. The first kappa shape index (κ1) is 16.8. The van der Waals surface area contributed by atoms with E-state index in [4.69, 9.17) is 9.47 Å². The minimum atomic E-state index is -0.179. The number of hydrogen-bond donors (Lipinski definition) is 1. The first-order valence-electron chi connectivity index (χ1n) is 8.13. The van der Waals surface area contributed by atoms with Crippen molar-refractivity contribution in [1.82, 2.24) is 0 Å². The van der Waals surface area contributed by atoms with E-state index in [-0.39, 0.29) is 18.4 Å². The predicted molar refractivity (Wildman–Crippen MR) is 95.1 cm³/mol. The summed E-state index contributed by atoms with van der Waals surface area (Å²) in [5.41, 5.74) is 1.41. The van der Waals surface area contributed by atoms with E-state index in [1.807, 2.05) is 42.5 Å². The molecular weight excluding hydrogens is 320 g/mol. The van der Waals surface area contributed by atoms with E-state index in [1.54, 1.807) is 13.2 Å². The van der Waals surface area contributed by atoms with Crippen molar-refractivity contribution >= 4 is 23.2 Å². The Morgan fingerprint density at radius 1 is 1.12 bits per heavy atom. The average Bonchev–Trinajstić information content (AvgIpc) is 2.64. The van der Waals surface area contributed by atoms with E-state index in [0.717, 1.165) is 17.2 Å². The third kappa shape index (κ3) is 4.09. The number of carbonyl (C=O) groups is 2. The standard InChI is InChI=1S/C19H20N2O4/c1-24-14-8-10-15(11-9-14)25-12-4-7-19(23)21-13-18(22)20-16-5-2-3-6-17(16)21/h2-3,5-6,8-11H,4,7,12-13H2,1H3,(H,20,22). The Morgan fingerprint density at radius 2 is 1.84 bits per heavy atom. The summed E-state index contributed by atoms with van der Waals surface area (Å²) in [5, 5.41) is 2.78. The van der Waals surface area contributed by atoms with Gasteiger partial charge in [-0.25, -0.2) is 0 Å². The first-order valence-corrected chi connectivity index (χ1v) is 8.13. The highest BCUT2D eigenvalue weighted by Gasteiger charge is 2.25. The first-order chi connectivity index (χ1) is 12.2. The minimum absolute atomic E-state index is 0.0508. The highest BCUT2D eigenvalue weighted by molar-refractivity contribution is 6.09. The Labute approximate surface area is 146 Å². The summed E-state index contributed by atoms with van der Waals surface area (Å²) in [4.78, 5) is 25.8. The zero-order chi connectivity index (χ0) is 17.6. The van der Waals surface area contributed by atoms with Crippen LogP contribution in [0, 0.1) is 0 Å². The number of rotatable bonds is 6. The maximum atomic E-state index is 12.5. The van der Waals surface area contributed by atoms with E-state index in [0.29, 0.717) is 25.1 Å². The van der Waals surface area contributed by atoms with Crippen LogP contribution < -0.4 is 19.7 Å². The number of benzene rings is 2. The van der Waals surface area contributed by atoms with Crippen LogP contribution in [-0.2, 0) is 9.59 Å². The third-order valence-electron chi connectivity index (χ3n) is 3.93. The lowest BCUT2D eigenvalue weighted by molar-refractivity contribution is -0.122. The Bertz CT molecular complexity index is 758. The molecule has 1 heterocycles. The smallest absolute Gasteiger partial charge is 0.244 e. The number of carbonyl (C=O) groups excluding carboxylic acids is 2. The van der Waals surface area contributed by atoms with Gasteiger partial charge in [0.05, 0.1) is 25.1 Å². The second kappa shape index (κ2) is 7.70. The second-order valence-corrected chi connectivity index (χ2v) is 5.67. The molecule has 2 amide bonds. The number of anilines is 2. The molecular formula is C19H20N2O4. The Hall–Kier alpha value is -3.02. The molecule has 2 aromatic carbocycles. The van der Waals surface area contributed by atoms with Crippen LogP contribution >= 0.6 is 0 Å². The van der Waals surface area contributed by atoms with Crippen LogP contribution in [0.15, 0.2) is 48.5 Å². The number of hydrogen-bond acceptors (Lipinski definition) is 4. The van der Waals surface area contributed by atoms with E-state index in [1.165, 1.54) is 4.90 Å². The fourth-order valence-electron chi connectivity index (χ4n) is 2.68. The van der Waals surface area contributed by atoms with Gasteiger partial charge in [-0.2, -0.15) is 0 Å². The molecule has 2 aromatic rings. The number of amides is 2. The molecule has 1 aliphatic rings. The molecule has 1 aliphatic heterocycles. The highest BCUT2D eigenvalue weighted by Crippen LogP contribution is 2.29. The van der Waals surface area contributed by atoms with Gasteiger partial charge in [0.15, 0.2) is 0 Å². The normalized spacial score (nSPS) is 13.0. The molecule has 3 rings (SSSR count). The molecule has 6 nitrogen and oxygen atoms in total. The van der Waals surface area contributed by atoms with Gasteiger partial charge in [0.1, 0.15) is 18.0 Å². The van der Waals surface area contributed by atoms with Crippen molar-refractivity contribution in [1.29, 1.82) is 0 Å². The molecule has 0 unspecified atom stereocenters. The second-order valence-electron chi connectivity index (χ2n) is 5.67. The molecule has 0 fully saturated rings. The Kier molecular flexibility index (Phi) is 5.18. The topological polar surface area (TPSA) is 67.9 Å². The third-order valence-corrected chi connectivity index (χ3v) is 3.93. The van der Waals surface area contributed by atoms with Gasteiger partial charge in [0.2, 0.25) is 11.8 Å². The summed E-state index contributed by atoms with van der Waals surface area (Å²) in [6.07, 6.45) is 0.892. The van der Waals surface area contributed by atoms with Crippen LogP contribution in [0.5, 0.6) is 11.5 Å². The molecule has 0 saturated heterocycles. The van der Waals surface area contributed by atoms with Gasteiger partial charge < -0.3 is 19.7 Å². The van der Waals surface area contributed by atoms with E-state index < -0.39 is 0 Å². The molecule has 0 spiro atoms. The van der Waals surface area contributed by atoms with Crippen molar-refractivity contribution in [2.24, 2.45) is 0 Å². The summed E-state index contributed by atoms with van der Waals surface area (Å²) in [5.74, 6) is 1.24. The fourth-order valence-corrected chi connectivity index (χ4v) is 2.68. The van der Waals surface area contributed by atoms with Crippen molar-refractivity contribution in [2.45, 2.75) is 12.8 Å². The lowest BCUT2D eigenvalue weighted by Crippen LogP contribution is -2.42. The van der Waals surface area contributed by atoms with Crippen LogP contribution in [0.4, 0.5) is 11.4 Å². The van der Waals surface area contributed by atoms with Crippen molar-refractivity contribution in [3.8, 4) is 11.5 Å². The summed E-state index contributed by atoms with van der Waals surface area (Å²) in [6.45, 7) is 0.481. The molecule has 0 saturated carbocycles. The quantitative estimate of drug-likeness (QED) is 0.821. The summed E-state index contributed by atoms with van der Waals surface area (Å²) >= 11 is 0. The number of nitrogens with zero attached hydrogens (tertiary/aromatic N) is 1. The maximum absolute atomic E-state index is 12.5. The van der Waals surface area contributed by atoms with Crippen LogP contribution in [0.1, 0.15) is 12.8 Å². The average molecular weight is 340 g/mol. The van der Waals surface area contributed by atoms with Gasteiger partial charge >= 0.3 is 0 Å². The Balaban J connectivity index is 1.52. The molecule has 0 aliphatic carbocycles. The zero-order valence-electron chi connectivity index (χ0n) is 14.0. The van der Waals surface area contributed by atoms with Gasteiger partial charge in [-0.15, -0.1) is 0 Å². The number of methoxy groups -OCH3 is 1. The van der Waals surface area contributed by atoms with Crippen LogP contribution in [-0.4, -0.2) is 32.1 Å². The van der Waals surface area contributed by atoms with E-state index in [2.05, 4.69) is 5.32 Å². The van der Waals surface area contributed by atoms with Crippen molar-refractivity contribution in [3.05, 3.63) is 48.5 Å². The largest absolute Gasteiger partial charge is 0.497 e. The van der Waals surface area contributed by atoms with Crippen LogP contribution in [0.2, 0.25) is 0 Å². The lowest BCUT2D eigenvalue weighted by atomic mass is 10.1. The highest BCUT2D eigenvalue weighted by atomic mass is 16.5. The van der Waals surface area contributed by atoms with Gasteiger partial charge in [-0.1, -0.05) is 12.1 Å². The van der Waals surface area contributed by atoms with Crippen molar-refractivity contribution in [3.63, 3.8) is 0 Å². The van der Waals surface area contributed by atoms with Gasteiger partial charge in [0.25, 0.3) is 0 Å². The number of ether oxygens (including phenoxy) is 2. The molecule has 0 bridgehead atoms.